The summed E-state index contributed by atoms with van der Waals surface area (Å²) < 4.78 is 0. The molecule has 0 aliphatic heterocycles. The number of hydrazone groups is 1. The first-order valence-corrected chi connectivity index (χ1v) is 7.93. The molecule has 10 heteroatoms. The van der Waals surface area contributed by atoms with Gasteiger partial charge in [0.25, 0.3) is 5.69 Å². The predicted molar refractivity (Wildman–Crippen MR) is 103 cm³/mol. The van der Waals surface area contributed by atoms with Crippen molar-refractivity contribution in [1.29, 1.82) is 0 Å². The van der Waals surface area contributed by atoms with Crippen LogP contribution in [0.25, 0.3) is 0 Å². The summed E-state index contributed by atoms with van der Waals surface area (Å²) in [6, 6.07) is 15.5. The van der Waals surface area contributed by atoms with Crippen LogP contribution in [0.2, 0.25) is 0 Å². The number of rotatable bonds is 7. The van der Waals surface area contributed by atoms with Crippen molar-refractivity contribution in [2.45, 2.75) is 0 Å². The van der Waals surface area contributed by atoms with E-state index in [2.05, 4.69) is 36.1 Å². The molecule has 3 rings (SSSR count). The van der Waals surface area contributed by atoms with Crippen molar-refractivity contribution in [1.82, 2.24) is 15.0 Å². The largest absolute Gasteiger partial charge is 0.357 e. The molecule has 0 amide bonds. The Morgan fingerprint density at radius 2 is 1.63 bits per heavy atom. The summed E-state index contributed by atoms with van der Waals surface area (Å²) in [6.45, 7) is 0. The highest BCUT2D eigenvalue weighted by Gasteiger charge is 2.06. The van der Waals surface area contributed by atoms with Crippen molar-refractivity contribution in [3.63, 3.8) is 0 Å². The summed E-state index contributed by atoms with van der Waals surface area (Å²) in [4.78, 5) is 22.9. The Kier molecular flexibility index (Phi) is 5.48. The van der Waals surface area contributed by atoms with E-state index in [1.165, 1.54) is 18.3 Å². The highest BCUT2D eigenvalue weighted by atomic mass is 16.6. The van der Waals surface area contributed by atoms with E-state index >= 15 is 0 Å². The number of benzene rings is 2. The average molecular weight is 364 g/mol. The van der Waals surface area contributed by atoms with E-state index < -0.39 is 4.92 Å². The van der Waals surface area contributed by atoms with Crippen molar-refractivity contribution < 1.29 is 4.92 Å². The number of aromatic nitrogens is 3. The molecule has 0 bridgehead atoms. The maximum absolute atomic E-state index is 10.7. The second-order valence-electron chi connectivity index (χ2n) is 5.27. The van der Waals surface area contributed by atoms with Gasteiger partial charge in [-0.3, -0.25) is 10.1 Å². The van der Waals surface area contributed by atoms with E-state index in [-0.39, 0.29) is 11.6 Å². The van der Waals surface area contributed by atoms with Crippen LogP contribution in [0.15, 0.2) is 59.7 Å². The lowest BCUT2D eigenvalue weighted by Gasteiger charge is -2.08. The van der Waals surface area contributed by atoms with Gasteiger partial charge in [0.2, 0.25) is 17.8 Å². The van der Waals surface area contributed by atoms with Gasteiger partial charge >= 0.3 is 0 Å². The number of anilines is 4. The van der Waals surface area contributed by atoms with Gasteiger partial charge in [-0.2, -0.15) is 20.1 Å². The van der Waals surface area contributed by atoms with Crippen LogP contribution in [0, 0.1) is 10.1 Å². The van der Waals surface area contributed by atoms with Gasteiger partial charge in [0.05, 0.1) is 11.1 Å². The fourth-order valence-electron chi connectivity index (χ4n) is 2.09. The number of nitrogens with zero attached hydrogens (tertiary/aromatic N) is 5. The zero-order valence-corrected chi connectivity index (χ0v) is 14.3. The number of hydrogen-bond acceptors (Lipinski definition) is 9. The number of para-hydroxylation sites is 1. The summed E-state index contributed by atoms with van der Waals surface area (Å²) in [5.41, 5.74) is 4.28. The van der Waals surface area contributed by atoms with Gasteiger partial charge in [-0.25, -0.2) is 5.43 Å². The first-order valence-electron chi connectivity index (χ1n) is 7.93. The molecule has 0 fully saturated rings. The van der Waals surface area contributed by atoms with Gasteiger partial charge in [-0.1, -0.05) is 18.2 Å². The lowest BCUT2D eigenvalue weighted by molar-refractivity contribution is -0.384. The van der Waals surface area contributed by atoms with E-state index in [1.807, 2.05) is 30.3 Å². The van der Waals surface area contributed by atoms with Crippen molar-refractivity contribution >= 4 is 35.4 Å². The maximum Gasteiger partial charge on any atom is 0.269 e. The molecule has 1 aromatic heterocycles. The highest BCUT2D eigenvalue weighted by molar-refractivity contribution is 5.80. The summed E-state index contributed by atoms with van der Waals surface area (Å²) in [7, 11) is 1.70. The maximum atomic E-state index is 10.7. The van der Waals surface area contributed by atoms with E-state index in [0.717, 1.165) is 5.69 Å². The molecule has 3 aromatic rings. The third-order valence-electron chi connectivity index (χ3n) is 3.37. The van der Waals surface area contributed by atoms with Gasteiger partial charge in [-0.15, -0.1) is 0 Å². The molecule has 0 radical (unpaired) electrons. The fraction of sp³-hybridized carbons (Fsp3) is 0.0588. The van der Waals surface area contributed by atoms with Gasteiger partial charge in [0.1, 0.15) is 0 Å². The smallest absolute Gasteiger partial charge is 0.269 e. The van der Waals surface area contributed by atoms with E-state index in [1.54, 1.807) is 19.2 Å². The molecule has 136 valence electrons. The van der Waals surface area contributed by atoms with Crippen molar-refractivity contribution in [2.24, 2.45) is 5.10 Å². The number of nitro groups is 1. The van der Waals surface area contributed by atoms with E-state index in [0.29, 0.717) is 17.5 Å². The summed E-state index contributed by atoms with van der Waals surface area (Å²) in [6.07, 6.45) is 1.51. The Labute approximate surface area is 154 Å². The standard InChI is InChI=1S/C17H16N8O2/c1-18-15-21-16(20-13-5-3-2-4-6-13)23-17(22-15)24-19-11-12-7-9-14(10-8-12)25(26)27/h2-11H,1H3,(H3,18,20,21,22,23,24)/b19-11-. The molecule has 2 aromatic carbocycles. The SMILES string of the molecule is CNc1nc(N/N=C\c2ccc([N+](=O)[O-])cc2)nc(Nc2ccccc2)n1. The Bertz CT molecular complexity index is 945. The van der Waals surface area contributed by atoms with Crippen LogP contribution in [-0.4, -0.2) is 33.1 Å². The fourth-order valence-corrected chi connectivity index (χ4v) is 2.09. The van der Waals surface area contributed by atoms with Crippen molar-refractivity contribution in [3.05, 3.63) is 70.3 Å². The van der Waals surface area contributed by atoms with Crippen molar-refractivity contribution in [2.75, 3.05) is 23.1 Å². The van der Waals surface area contributed by atoms with E-state index in [4.69, 9.17) is 0 Å². The van der Waals surface area contributed by atoms with Crippen LogP contribution in [0.1, 0.15) is 5.56 Å². The lowest BCUT2D eigenvalue weighted by atomic mass is 10.2. The second kappa shape index (κ2) is 8.34. The van der Waals surface area contributed by atoms with E-state index in [9.17, 15) is 10.1 Å². The molecule has 0 saturated heterocycles. The minimum absolute atomic E-state index is 0.0212. The molecular weight excluding hydrogens is 348 g/mol. The third kappa shape index (κ3) is 4.95. The van der Waals surface area contributed by atoms with Crippen LogP contribution in [0.4, 0.5) is 29.2 Å². The van der Waals surface area contributed by atoms with Crippen LogP contribution < -0.4 is 16.1 Å². The average Bonchev–Trinajstić information content (AvgIpc) is 2.69. The summed E-state index contributed by atoms with van der Waals surface area (Å²) >= 11 is 0. The summed E-state index contributed by atoms with van der Waals surface area (Å²) in [5.74, 6) is 0.969. The molecule has 0 aliphatic rings. The monoisotopic (exact) mass is 364 g/mol. The number of non-ortho nitro benzene ring substituents is 1. The number of hydrogen-bond donors (Lipinski definition) is 3. The Morgan fingerprint density at radius 1 is 0.963 bits per heavy atom. The minimum atomic E-state index is -0.454. The van der Waals surface area contributed by atoms with Crippen LogP contribution in [-0.2, 0) is 0 Å². The van der Waals surface area contributed by atoms with Gasteiger partial charge < -0.3 is 10.6 Å². The quantitative estimate of drug-likeness (QED) is 0.331. The Morgan fingerprint density at radius 3 is 2.30 bits per heavy atom. The van der Waals surface area contributed by atoms with Crippen LogP contribution >= 0.6 is 0 Å². The molecule has 0 saturated carbocycles. The predicted octanol–water partition coefficient (Wildman–Crippen LogP) is 3.01. The number of nitrogens with one attached hydrogen (secondary N) is 3. The van der Waals surface area contributed by atoms with Gasteiger partial charge in [0, 0.05) is 24.9 Å². The lowest BCUT2D eigenvalue weighted by Crippen LogP contribution is -2.07. The van der Waals surface area contributed by atoms with Gasteiger partial charge in [0.15, 0.2) is 0 Å². The minimum Gasteiger partial charge on any atom is -0.357 e. The molecular formula is C17H16N8O2. The molecule has 0 aliphatic carbocycles. The third-order valence-corrected chi connectivity index (χ3v) is 3.37. The second-order valence-corrected chi connectivity index (χ2v) is 5.27. The van der Waals surface area contributed by atoms with Crippen molar-refractivity contribution in [3.8, 4) is 0 Å². The zero-order chi connectivity index (χ0) is 19.1. The Balaban J connectivity index is 1.72. The first kappa shape index (κ1) is 17.7. The highest BCUT2D eigenvalue weighted by Crippen LogP contribution is 2.15. The summed E-state index contributed by atoms with van der Waals surface area (Å²) in [5, 5.41) is 20.7. The first-order chi connectivity index (χ1) is 13.1. The molecule has 0 spiro atoms. The Hall–Kier alpha value is -4.08. The van der Waals surface area contributed by atoms with Crippen LogP contribution in [0.3, 0.4) is 0 Å². The molecule has 1 heterocycles. The van der Waals surface area contributed by atoms with Gasteiger partial charge in [-0.05, 0) is 29.8 Å². The zero-order valence-electron chi connectivity index (χ0n) is 14.3. The molecule has 3 N–H and O–H groups in total. The number of nitro benzene ring substituents is 1. The molecule has 0 atom stereocenters. The molecule has 27 heavy (non-hydrogen) atoms. The molecule has 0 unspecified atom stereocenters. The normalized spacial score (nSPS) is 10.6. The molecule has 10 nitrogen and oxygen atoms in total. The van der Waals surface area contributed by atoms with Crippen LogP contribution in [0.5, 0.6) is 0 Å². The topological polar surface area (TPSA) is 130 Å².